The van der Waals surface area contributed by atoms with E-state index in [1.54, 1.807) is 0 Å². The SMILES string of the molecule is Cc1c(-c2ccccc2)c2sc3ccccc3c2n1C. The van der Waals surface area contributed by atoms with Crippen LogP contribution in [0, 0.1) is 6.92 Å². The topological polar surface area (TPSA) is 4.93 Å². The Kier molecular flexibility index (Phi) is 2.48. The highest BCUT2D eigenvalue weighted by atomic mass is 32.1. The van der Waals surface area contributed by atoms with E-state index in [4.69, 9.17) is 0 Å². The molecule has 0 unspecified atom stereocenters. The third-order valence-corrected chi connectivity index (χ3v) is 5.24. The Bertz CT molecular complexity index is 913. The van der Waals surface area contributed by atoms with Crippen LogP contribution in [-0.4, -0.2) is 4.57 Å². The number of benzene rings is 2. The number of fused-ring (bicyclic) bond motifs is 3. The number of thiophene rings is 1. The minimum absolute atomic E-state index is 1.31. The van der Waals surface area contributed by atoms with Crippen molar-refractivity contribution in [2.24, 2.45) is 7.05 Å². The number of rotatable bonds is 1. The maximum atomic E-state index is 2.33. The van der Waals surface area contributed by atoms with E-state index in [0.29, 0.717) is 0 Å². The fourth-order valence-electron chi connectivity index (χ4n) is 2.98. The molecule has 0 N–H and O–H groups in total. The van der Waals surface area contributed by atoms with Crippen molar-refractivity contribution in [2.75, 3.05) is 0 Å². The Balaban J connectivity index is 2.19. The van der Waals surface area contributed by atoms with Crippen molar-refractivity contribution in [3.05, 3.63) is 60.3 Å². The molecule has 0 saturated carbocycles. The standard InChI is InChI=1S/C18H15NS/c1-12-16(13-8-4-3-5-9-13)18-17(19(12)2)14-10-6-7-11-15(14)20-18/h3-11H,1-2H3. The second-order valence-electron chi connectivity index (χ2n) is 5.16. The van der Waals surface area contributed by atoms with E-state index in [1.165, 1.54) is 37.1 Å². The Morgan fingerprint density at radius 1 is 0.900 bits per heavy atom. The van der Waals surface area contributed by atoms with E-state index >= 15 is 0 Å². The van der Waals surface area contributed by atoms with Gasteiger partial charge in [0.2, 0.25) is 0 Å². The molecule has 2 aromatic heterocycles. The highest BCUT2D eigenvalue weighted by Crippen LogP contribution is 2.42. The van der Waals surface area contributed by atoms with Crippen LogP contribution in [0.25, 0.3) is 31.4 Å². The largest absolute Gasteiger partial charge is 0.346 e. The first-order valence-corrected chi connectivity index (χ1v) is 7.61. The van der Waals surface area contributed by atoms with Crippen molar-refractivity contribution in [3.63, 3.8) is 0 Å². The summed E-state index contributed by atoms with van der Waals surface area (Å²) < 4.78 is 5.10. The number of aromatic nitrogens is 1. The van der Waals surface area contributed by atoms with Crippen molar-refractivity contribution in [3.8, 4) is 11.1 Å². The minimum atomic E-state index is 1.31. The van der Waals surface area contributed by atoms with Crippen LogP contribution in [0.3, 0.4) is 0 Å². The van der Waals surface area contributed by atoms with Crippen molar-refractivity contribution in [1.29, 1.82) is 0 Å². The van der Waals surface area contributed by atoms with Gasteiger partial charge in [0.1, 0.15) is 0 Å². The maximum Gasteiger partial charge on any atom is 0.0675 e. The summed E-state index contributed by atoms with van der Waals surface area (Å²) in [5.41, 5.74) is 5.39. The van der Waals surface area contributed by atoms with Crippen LogP contribution in [0.2, 0.25) is 0 Å². The molecule has 0 bridgehead atoms. The second kappa shape index (κ2) is 4.22. The lowest BCUT2D eigenvalue weighted by atomic mass is 10.1. The number of aryl methyl sites for hydroxylation is 1. The molecule has 0 aliphatic heterocycles. The lowest BCUT2D eigenvalue weighted by molar-refractivity contribution is 0.923. The van der Waals surface area contributed by atoms with Gasteiger partial charge in [0.25, 0.3) is 0 Å². The zero-order valence-electron chi connectivity index (χ0n) is 11.6. The van der Waals surface area contributed by atoms with Crippen LogP contribution in [0.4, 0.5) is 0 Å². The van der Waals surface area contributed by atoms with Gasteiger partial charge in [-0.05, 0) is 18.6 Å². The Morgan fingerprint density at radius 2 is 1.60 bits per heavy atom. The molecule has 20 heavy (non-hydrogen) atoms. The number of nitrogens with zero attached hydrogens (tertiary/aromatic N) is 1. The van der Waals surface area contributed by atoms with Crippen molar-refractivity contribution >= 4 is 31.6 Å². The maximum absolute atomic E-state index is 2.33. The summed E-state index contributed by atoms with van der Waals surface area (Å²) >= 11 is 1.90. The second-order valence-corrected chi connectivity index (χ2v) is 6.21. The van der Waals surface area contributed by atoms with Crippen molar-refractivity contribution in [2.45, 2.75) is 6.92 Å². The molecule has 4 aromatic rings. The van der Waals surface area contributed by atoms with Gasteiger partial charge in [-0.2, -0.15) is 0 Å². The highest BCUT2D eigenvalue weighted by molar-refractivity contribution is 7.26. The van der Waals surface area contributed by atoms with Gasteiger partial charge in [-0.3, -0.25) is 0 Å². The van der Waals surface area contributed by atoms with Gasteiger partial charge in [0, 0.05) is 28.4 Å². The predicted molar refractivity (Wildman–Crippen MR) is 88.5 cm³/mol. The predicted octanol–water partition coefficient (Wildman–Crippen LogP) is 5.37. The van der Waals surface area contributed by atoms with Gasteiger partial charge in [0.15, 0.2) is 0 Å². The van der Waals surface area contributed by atoms with E-state index in [9.17, 15) is 0 Å². The summed E-state index contributed by atoms with van der Waals surface area (Å²) in [6.07, 6.45) is 0. The third kappa shape index (κ3) is 1.49. The number of hydrogen-bond donors (Lipinski definition) is 0. The first-order valence-electron chi connectivity index (χ1n) is 6.79. The van der Waals surface area contributed by atoms with Gasteiger partial charge in [-0.1, -0.05) is 48.5 Å². The quantitative estimate of drug-likeness (QED) is 0.441. The molecular weight excluding hydrogens is 262 g/mol. The van der Waals surface area contributed by atoms with Crippen molar-refractivity contribution < 1.29 is 0 Å². The Hall–Kier alpha value is -2.06. The minimum Gasteiger partial charge on any atom is -0.346 e. The zero-order valence-corrected chi connectivity index (χ0v) is 12.4. The summed E-state index contributed by atoms with van der Waals surface area (Å²) in [4.78, 5) is 0. The normalized spacial score (nSPS) is 11.5. The van der Waals surface area contributed by atoms with E-state index in [0.717, 1.165) is 0 Å². The van der Waals surface area contributed by atoms with Gasteiger partial charge < -0.3 is 4.57 Å². The molecule has 2 heterocycles. The van der Waals surface area contributed by atoms with Gasteiger partial charge >= 0.3 is 0 Å². The van der Waals surface area contributed by atoms with Crippen LogP contribution in [0.5, 0.6) is 0 Å². The molecule has 0 fully saturated rings. The third-order valence-electron chi connectivity index (χ3n) is 4.06. The van der Waals surface area contributed by atoms with Crippen LogP contribution < -0.4 is 0 Å². The van der Waals surface area contributed by atoms with E-state index < -0.39 is 0 Å². The van der Waals surface area contributed by atoms with E-state index in [2.05, 4.69) is 73.1 Å². The number of hydrogen-bond acceptors (Lipinski definition) is 1. The lowest BCUT2D eigenvalue weighted by Crippen LogP contribution is -1.90. The Morgan fingerprint density at radius 3 is 2.40 bits per heavy atom. The molecular formula is C18H15NS. The molecule has 0 saturated heterocycles. The van der Waals surface area contributed by atoms with Gasteiger partial charge in [-0.25, -0.2) is 0 Å². The zero-order chi connectivity index (χ0) is 13.7. The average Bonchev–Trinajstić information content (AvgIpc) is 2.96. The van der Waals surface area contributed by atoms with Crippen LogP contribution >= 0.6 is 11.3 Å². The summed E-state index contributed by atoms with van der Waals surface area (Å²) in [6, 6.07) is 19.4. The summed E-state index contributed by atoms with van der Waals surface area (Å²) in [6.45, 7) is 2.21. The van der Waals surface area contributed by atoms with Crippen LogP contribution in [0.15, 0.2) is 54.6 Å². The molecule has 2 heteroatoms. The summed E-state index contributed by atoms with van der Waals surface area (Å²) in [5, 5.41) is 1.36. The fraction of sp³-hybridized carbons (Fsp3) is 0.111. The van der Waals surface area contributed by atoms with Gasteiger partial charge in [0.05, 0.1) is 10.2 Å². The highest BCUT2D eigenvalue weighted by Gasteiger charge is 2.17. The monoisotopic (exact) mass is 277 g/mol. The summed E-state index contributed by atoms with van der Waals surface area (Å²) in [5.74, 6) is 0. The smallest absolute Gasteiger partial charge is 0.0675 e. The van der Waals surface area contributed by atoms with Crippen molar-refractivity contribution in [1.82, 2.24) is 4.57 Å². The average molecular weight is 277 g/mol. The molecule has 2 aromatic carbocycles. The molecule has 0 radical (unpaired) electrons. The molecule has 0 amide bonds. The van der Waals surface area contributed by atoms with E-state index in [-0.39, 0.29) is 0 Å². The fourth-order valence-corrected chi connectivity index (χ4v) is 4.33. The molecule has 0 atom stereocenters. The Labute approximate surface area is 122 Å². The lowest BCUT2D eigenvalue weighted by Gasteiger charge is -2.03. The van der Waals surface area contributed by atoms with Crippen LogP contribution in [0.1, 0.15) is 5.69 Å². The molecule has 0 spiro atoms. The first kappa shape index (κ1) is 11.7. The molecule has 1 nitrogen and oxygen atoms in total. The molecule has 4 rings (SSSR count). The molecule has 0 aliphatic rings. The summed E-state index contributed by atoms with van der Waals surface area (Å²) in [7, 11) is 2.17. The molecule has 0 aliphatic carbocycles. The first-order chi connectivity index (χ1) is 9.77. The van der Waals surface area contributed by atoms with Crippen LogP contribution in [-0.2, 0) is 7.05 Å². The van der Waals surface area contributed by atoms with E-state index in [1.807, 2.05) is 11.3 Å². The molecule has 98 valence electrons. The van der Waals surface area contributed by atoms with Gasteiger partial charge in [-0.15, -0.1) is 11.3 Å².